The molecule has 1 saturated heterocycles. The van der Waals surface area contributed by atoms with Crippen LogP contribution in [0.15, 0.2) is 24.3 Å². The van der Waals surface area contributed by atoms with Crippen molar-refractivity contribution < 1.29 is 9.53 Å². The number of aromatic amines is 1. The summed E-state index contributed by atoms with van der Waals surface area (Å²) < 4.78 is 5.49. The molecule has 0 aliphatic carbocycles. The molecule has 1 fully saturated rings. The smallest absolute Gasteiger partial charge is 0.229 e. The molecule has 6 heteroatoms. The van der Waals surface area contributed by atoms with Crippen molar-refractivity contribution >= 4 is 22.9 Å². The maximum absolute atomic E-state index is 11.9. The number of para-hydroxylation sites is 2. The minimum Gasteiger partial charge on any atom is -0.375 e. The first-order valence-electron chi connectivity index (χ1n) is 6.38. The van der Waals surface area contributed by atoms with Gasteiger partial charge in [0.15, 0.2) is 0 Å². The molecule has 1 unspecified atom stereocenters. The molecular weight excluding hydrogens is 244 g/mol. The lowest BCUT2D eigenvalue weighted by atomic mass is 10.2. The number of fused-ring (bicyclic) bond motifs is 1. The number of nitrogens with one attached hydrogen (secondary N) is 3. The van der Waals surface area contributed by atoms with Crippen molar-refractivity contribution in [3.63, 3.8) is 0 Å². The number of carbonyl (C=O) groups is 1. The fraction of sp³-hybridized carbons (Fsp3) is 0.385. The summed E-state index contributed by atoms with van der Waals surface area (Å²) >= 11 is 0. The maximum Gasteiger partial charge on any atom is 0.229 e. The molecule has 0 spiro atoms. The van der Waals surface area contributed by atoms with Gasteiger partial charge in [0.25, 0.3) is 0 Å². The van der Waals surface area contributed by atoms with E-state index < -0.39 is 0 Å². The van der Waals surface area contributed by atoms with Crippen molar-refractivity contribution in [2.24, 2.45) is 0 Å². The van der Waals surface area contributed by atoms with Gasteiger partial charge in [-0.2, -0.15) is 0 Å². The van der Waals surface area contributed by atoms with Crippen LogP contribution in [-0.4, -0.2) is 41.7 Å². The van der Waals surface area contributed by atoms with Gasteiger partial charge in [-0.25, -0.2) is 4.98 Å². The Morgan fingerprint density at radius 2 is 2.37 bits per heavy atom. The van der Waals surface area contributed by atoms with Crippen molar-refractivity contribution in [2.45, 2.75) is 12.5 Å². The lowest BCUT2D eigenvalue weighted by Gasteiger charge is -2.22. The average molecular weight is 260 g/mol. The van der Waals surface area contributed by atoms with E-state index in [4.69, 9.17) is 4.74 Å². The molecular formula is C13H16N4O2. The van der Waals surface area contributed by atoms with Gasteiger partial charge in [0, 0.05) is 13.1 Å². The van der Waals surface area contributed by atoms with Crippen LogP contribution in [0, 0.1) is 0 Å². The monoisotopic (exact) mass is 260 g/mol. The predicted octanol–water partition coefficient (Wildman–Crippen LogP) is 0.880. The van der Waals surface area contributed by atoms with Crippen molar-refractivity contribution in [1.82, 2.24) is 15.3 Å². The van der Waals surface area contributed by atoms with E-state index >= 15 is 0 Å². The highest BCUT2D eigenvalue weighted by atomic mass is 16.5. The number of rotatable bonds is 3. The Morgan fingerprint density at radius 1 is 1.47 bits per heavy atom. The summed E-state index contributed by atoms with van der Waals surface area (Å²) in [5, 5.41) is 5.96. The van der Waals surface area contributed by atoms with Gasteiger partial charge >= 0.3 is 0 Å². The van der Waals surface area contributed by atoms with Crippen LogP contribution in [-0.2, 0) is 9.53 Å². The minimum absolute atomic E-state index is 0.0573. The first-order valence-corrected chi connectivity index (χ1v) is 6.38. The molecule has 6 nitrogen and oxygen atoms in total. The van der Waals surface area contributed by atoms with Crippen molar-refractivity contribution in [3.8, 4) is 0 Å². The van der Waals surface area contributed by atoms with Gasteiger partial charge in [-0.15, -0.1) is 0 Å². The normalized spacial score (nSPS) is 19.5. The lowest BCUT2D eigenvalue weighted by molar-refractivity contribution is -0.119. The van der Waals surface area contributed by atoms with Gasteiger partial charge in [0.1, 0.15) is 0 Å². The summed E-state index contributed by atoms with van der Waals surface area (Å²) in [6.45, 7) is 2.22. The number of carbonyl (C=O) groups excluding carboxylic acids is 1. The number of anilines is 1. The second kappa shape index (κ2) is 5.38. The Bertz CT molecular complexity index is 542. The van der Waals surface area contributed by atoms with Crippen molar-refractivity contribution in [1.29, 1.82) is 0 Å². The quantitative estimate of drug-likeness (QED) is 0.765. The van der Waals surface area contributed by atoms with Gasteiger partial charge in [-0.1, -0.05) is 12.1 Å². The molecule has 1 aromatic heterocycles. The Balaban J connectivity index is 1.62. The SMILES string of the molecule is O=C(CC1CNCCO1)Nc1nc2ccccc2[nH]1. The fourth-order valence-corrected chi connectivity index (χ4v) is 2.15. The van der Waals surface area contributed by atoms with Gasteiger partial charge in [-0.3, -0.25) is 10.1 Å². The molecule has 0 radical (unpaired) electrons. The van der Waals surface area contributed by atoms with Gasteiger partial charge in [-0.05, 0) is 12.1 Å². The summed E-state index contributed by atoms with van der Waals surface area (Å²) in [6.07, 6.45) is 0.280. The fourth-order valence-electron chi connectivity index (χ4n) is 2.15. The first kappa shape index (κ1) is 12.1. The third kappa shape index (κ3) is 2.91. The van der Waals surface area contributed by atoms with Crippen LogP contribution < -0.4 is 10.6 Å². The number of H-pyrrole nitrogens is 1. The maximum atomic E-state index is 11.9. The van der Waals surface area contributed by atoms with Crippen LogP contribution in [0.2, 0.25) is 0 Å². The molecule has 1 aliphatic heterocycles. The van der Waals surface area contributed by atoms with E-state index in [1.54, 1.807) is 0 Å². The van der Waals surface area contributed by atoms with E-state index in [9.17, 15) is 4.79 Å². The van der Waals surface area contributed by atoms with Crippen LogP contribution in [0.25, 0.3) is 11.0 Å². The van der Waals surface area contributed by atoms with Gasteiger partial charge in [0.05, 0.1) is 30.2 Å². The number of hydrogen-bond acceptors (Lipinski definition) is 4. The molecule has 3 rings (SSSR count). The largest absolute Gasteiger partial charge is 0.375 e. The van der Waals surface area contributed by atoms with Crippen LogP contribution in [0.1, 0.15) is 6.42 Å². The van der Waals surface area contributed by atoms with E-state index in [1.165, 1.54) is 0 Å². The van der Waals surface area contributed by atoms with Crippen molar-refractivity contribution in [2.75, 3.05) is 25.0 Å². The summed E-state index contributed by atoms with van der Waals surface area (Å²) in [5.41, 5.74) is 1.75. The molecule has 2 aromatic rings. The van der Waals surface area contributed by atoms with Crippen LogP contribution in [0.3, 0.4) is 0 Å². The molecule has 1 aromatic carbocycles. The third-order valence-corrected chi connectivity index (χ3v) is 3.06. The Hall–Kier alpha value is -1.92. The zero-order valence-electron chi connectivity index (χ0n) is 10.5. The summed E-state index contributed by atoms with van der Waals surface area (Å²) in [6, 6.07) is 7.66. The first-order chi connectivity index (χ1) is 9.31. The van der Waals surface area contributed by atoms with Gasteiger partial charge < -0.3 is 15.0 Å². The highest BCUT2D eigenvalue weighted by Gasteiger charge is 2.18. The lowest BCUT2D eigenvalue weighted by Crippen LogP contribution is -2.40. The molecule has 19 heavy (non-hydrogen) atoms. The summed E-state index contributed by atoms with van der Waals surface area (Å²) in [4.78, 5) is 19.2. The van der Waals surface area contributed by atoms with Crippen LogP contribution in [0.4, 0.5) is 5.95 Å². The van der Waals surface area contributed by atoms with E-state index in [-0.39, 0.29) is 12.0 Å². The van der Waals surface area contributed by atoms with Crippen molar-refractivity contribution in [3.05, 3.63) is 24.3 Å². The number of amides is 1. The molecule has 1 amide bonds. The number of aromatic nitrogens is 2. The number of benzene rings is 1. The second-order valence-electron chi connectivity index (χ2n) is 4.55. The van der Waals surface area contributed by atoms with E-state index in [0.717, 1.165) is 17.6 Å². The molecule has 100 valence electrons. The molecule has 1 aliphatic rings. The third-order valence-electron chi connectivity index (χ3n) is 3.06. The molecule has 0 bridgehead atoms. The minimum atomic E-state index is -0.0900. The molecule has 1 atom stereocenters. The second-order valence-corrected chi connectivity index (χ2v) is 4.55. The number of nitrogens with zero attached hydrogens (tertiary/aromatic N) is 1. The van der Waals surface area contributed by atoms with E-state index in [0.29, 0.717) is 25.5 Å². The average Bonchev–Trinajstić information content (AvgIpc) is 2.81. The van der Waals surface area contributed by atoms with E-state index in [1.807, 2.05) is 24.3 Å². The number of imidazole rings is 1. The molecule has 2 heterocycles. The Kier molecular flexibility index (Phi) is 3.43. The molecule has 3 N–H and O–H groups in total. The zero-order valence-corrected chi connectivity index (χ0v) is 10.5. The zero-order chi connectivity index (χ0) is 13.1. The predicted molar refractivity (Wildman–Crippen MR) is 72.0 cm³/mol. The Morgan fingerprint density at radius 3 is 3.16 bits per heavy atom. The van der Waals surface area contributed by atoms with Crippen LogP contribution >= 0.6 is 0 Å². The number of hydrogen-bond donors (Lipinski definition) is 3. The van der Waals surface area contributed by atoms with E-state index in [2.05, 4.69) is 20.6 Å². The highest BCUT2D eigenvalue weighted by molar-refractivity contribution is 5.91. The summed E-state index contributed by atoms with van der Waals surface area (Å²) in [5.74, 6) is 0.391. The number of ether oxygens (including phenoxy) is 1. The molecule has 0 saturated carbocycles. The van der Waals surface area contributed by atoms with Gasteiger partial charge in [0.2, 0.25) is 11.9 Å². The topological polar surface area (TPSA) is 79.0 Å². The Labute approximate surface area is 110 Å². The number of morpholine rings is 1. The standard InChI is InChI=1S/C13H16N4O2/c18-12(7-9-8-14-5-6-19-9)17-13-15-10-3-1-2-4-11(10)16-13/h1-4,9,14H,5-8H2,(H2,15,16,17,18). The van der Waals surface area contributed by atoms with Crippen LogP contribution in [0.5, 0.6) is 0 Å². The summed E-state index contributed by atoms with van der Waals surface area (Å²) in [7, 11) is 0. The highest BCUT2D eigenvalue weighted by Crippen LogP contribution is 2.13.